The Morgan fingerprint density at radius 2 is 1.80 bits per heavy atom. The largest absolute Gasteiger partial charge is 0.340 e. The molecule has 0 aromatic heterocycles. The number of benzene rings is 2. The molecular formula is C22H26N2O. The fourth-order valence-electron chi connectivity index (χ4n) is 4.05. The average Bonchev–Trinajstić information content (AvgIpc) is 3.16. The molecule has 0 bridgehead atoms. The van der Waals surface area contributed by atoms with Gasteiger partial charge in [0.2, 0.25) is 5.91 Å². The molecule has 4 rings (SSSR count). The SMILES string of the molecule is O=C(C[C@H]1C=CCC1)N1CCN(Cc2cccc3ccccc23)CC1. The fourth-order valence-corrected chi connectivity index (χ4v) is 4.05. The monoisotopic (exact) mass is 334 g/mol. The number of piperazine rings is 1. The molecule has 2 aromatic carbocycles. The molecule has 25 heavy (non-hydrogen) atoms. The molecule has 1 aliphatic carbocycles. The van der Waals surface area contributed by atoms with Crippen LogP contribution < -0.4 is 0 Å². The van der Waals surface area contributed by atoms with E-state index in [4.69, 9.17) is 0 Å². The summed E-state index contributed by atoms with van der Waals surface area (Å²) in [6, 6.07) is 15.1. The predicted octanol–water partition coefficient (Wildman–Crippen LogP) is 3.84. The Labute approximate surface area is 149 Å². The summed E-state index contributed by atoms with van der Waals surface area (Å²) in [7, 11) is 0. The first-order valence-corrected chi connectivity index (χ1v) is 9.43. The molecule has 0 saturated carbocycles. The van der Waals surface area contributed by atoms with E-state index in [1.54, 1.807) is 0 Å². The van der Waals surface area contributed by atoms with E-state index in [1.165, 1.54) is 16.3 Å². The number of hydrogen-bond acceptors (Lipinski definition) is 2. The molecule has 0 unspecified atom stereocenters. The van der Waals surface area contributed by atoms with Gasteiger partial charge in [-0.1, -0.05) is 54.6 Å². The lowest BCUT2D eigenvalue weighted by Crippen LogP contribution is -2.48. The smallest absolute Gasteiger partial charge is 0.223 e. The standard InChI is InChI=1S/C22H26N2O/c25-22(16-18-6-1-2-7-18)24-14-12-23(13-15-24)17-20-10-5-9-19-8-3-4-11-21(19)20/h1,3-6,8-11,18H,2,7,12-17H2/t18-/m0/s1. The van der Waals surface area contributed by atoms with Gasteiger partial charge in [-0.25, -0.2) is 0 Å². The maximum atomic E-state index is 12.5. The third-order valence-electron chi connectivity index (χ3n) is 5.55. The summed E-state index contributed by atoms with van der Waals surface area (Å²) < 4.78 is 0. The second kappa shape index (κ2) is 7.40. The molecule has 1 heterocycles. The lowest BCUT2D eigenvalue weighted by Gasteiger charge is -2.35. The van der Waals surface area contributed by atoms with Gasteiger partial charge in [0, 0.05) is 39.1 Å². The number of allylic oxidation sites excluding steroid dienone is 2. The van der Waals surface area contributed by atoms with Crippen molar-refractivity contribution in [2.45, 2.75) is 25.8 Å². The van der Waals surface area contributed by atoms with Crippen LogP contribution in [0.2, 0.25) is 0 Å². The van der Waals surface area contributed by atoms with Crippen LogP contribution in [0, 0.1) is 5.92 Å². The van der Waals surface area contributed by atoms with E-state index in [-0.39, 0.29) is 0 Å². The molecule has 130 valence electrons. The average molecular weight is 334 g/mol. The maximum Gasteiger partial charge on any atom is 0.223 e. The zero-order valence-corrected chi connectivity index (χ0v) is 14.7. The summed E-state index contributed by atoms with van der Waals surface area (Å²) in [5.74, 6) is 0.808. The topological polar surface area (TPSA) is 23.6 Å². The Balaban J connectivity index is 1.34. The van der Waals surface area contributed by atoms with Crippen molar-refractivity contribution in [1.82, 2.24) is 9.80 Å². The van der Waals surface area contributed by atoms with E-state index in [9.17, 15) is 4.79 Å². The van der Waals surface area contributed by atoms with Gasteiger partial charge in [0.05, 0.1) is 0 Å². The van der Waals surface area contributed by atoms with Crippen molar-refractivity contribution >= 4 is 16.7 Å². The third kappa shape index (κ3) is 3.77. The minimum absolute atomic E-state index is 0.335. The van der Waals surface area contributed by atoms with Crippen LogP contribution in [0.1, 0.15) is 24.8 Å². The third-order valence-corrected chi connectivity index (χ3v) is 5.55. The van der Waals surface area contributed by atoms with Crippen molar-refractivity contribution in [2.24, 2.45) is 5.92 Å². The highest BCUT2D eigenvalue weighted by Crippen LogP contribution is 2.23. The Morgan fingerprint density at radius 1 is 1.00 bits per heavy atom. The predicted molar refractivity (Wildman–Crippen MR) is 102 cm³/mol. The normalized spacial score (nSPS) is 21.1. The van der Waals surface area contributed by atoms with Gasteiger partial charge in [-0.2, -0.15) is 0 Å². The first-order chi connectivity index (χ1) is 12.3. The van der Waals surface area contributed by atoms with Gasteiger partial charge < -0.3 is 4.90 Å². The number of carbonyl (C=O) groups excluding carboxylic acids is 1. The van der Waals surface area contributed by atoms with Crippen molar-refractivity contribution in [3.05, 3.63) is 60.2 Å². The minimum Gasteiger partial charge on any atom is -0.340 e. The Morgan fingerprint density at radius 3 is 2.60 bits per heavy atom. The van der Waals surface area contributed by atoms with E-state index in [0.29, 0.717) is 18.2 Å². The first kappa shape index (κ1) is 16.3. The van der Waals surface area contributed by atoms with Gasteiger partial charge >= 0.3 is 0 Å². The van der Waals surface area contributed by atoms with E-state index in [2.05, 4.69) is 64.4 Å². The minimum atomic E-state index is 0.335. The second-order valence-electron chi connectivity index (χ2n) is 7.26. The van der Waals surface area contributed by atoms with Gasteiger partial charge in [-0.15, -0.1) is 0 Å². The summed E-state index contributed by atoms with van der Waals surface area (Å²) in [6.07, 6.45) is 7.40. The molecule has 1 aliphatic heterocycles. The lowest BCUT2D eigenvalue weighted by molar-refractivity contribution is -0.133. The van der Waals surface area contributed by atoms with Gasteiger partial charge in [-0.3, -0.25) is 9.69 Å². The van der Waals surface area contributed by atoms with E-state index in [1.807, 2.05) is 0 Å². The molecule has 0 spiro atoms. The zero-order valence-electron chi connectivity index (χ0n) is 14.7. The molecule has 1 fully saturated rings. The van der Waals surface area contributed by atoms with Gasteiger partial charge in [-0.05, 0) is 35.1 Å². The summed E-state index contributed by atoms with van der Waals surface area (Å²) in [4.78, 5) is 17.0. The van der Waals surface area contributed by atoms with Crippen LogP contribution >= 0.6 is 0 Å². The second-order valence-corrected chi connectivity index (χ2v) is 7.26. The highest BCUT2D eigenvalue weighted by atomic mass is 16.2. The summed E-state index contributed by atoms with van der Waals surface area (Å²) in [6.45, 7) is 4.62. The molecule has 3 heteroatoms. The Bertz CT molecular complexity index is 769. The highest BCUT2D eigenvalue weighted by Gasteiger charge is 2.23. The van der Waals surface area contributed by atoms with Crippen molar-refractivity contribution in [3.63, 3.8) is 0 Å². The van der Waals surface area contributed by atoms with E-state index >= 15 is 0 Å². The quantitative estimate of drug-likeness (QED) is 0.793. The number of amides is 1. The van der Waals surface area contributed by atoms with E-state index in [0.717, 1.165) is 45.6 Å². The van der Waals surface area contributed by atoms with Crippen LogP contribution in [0.25, 0.3) is 10.8 Å². The van der Waals surface area contributed by atoms with Gasteiger partial charge in [0.15, 0.2) is 0 Å². The fraction of sp³-hybridized carbons (Fsp3) is 0.409. The summed E-state index contributed by atoms with van der Waals surface area (Å²) >= 11 is 0. The van der Waals surface area contributed by atoms with Crippen LogP contribution in [-0.2, 0) is 11.3 Å². The molecule has 0 radical (unpaired) electrons. The van der Waals surface area contributed by atoms with E-state index < -0.39 is 0 Å². The molecule has 1 atom stereocenters. The molecule has 1 amide bonds. The van der Waals surface area contributed by atoms with Gasteiger partial charge in [0.1, 0.15) is 0 Å². The van der Waals surface area contributed by atoms with Crippen LogP contribution in [0.15, 0.2) is 54.6 Å². The molecule has 3 nitrogen and oxygen atoms in total. The molecule has 2 aromatic rings. The molecule has 1 saturated heterocycles. The summed E-state index contributed by atoms with van der Waals surface area (Å²) in [5.41, 5.74) is 1.38. The van der Waals surface area contributed by atoms with Crippen molar-refractivity contribution < 1.29 is 4.79 Å². The number of nitrogens with zero attached hydrogens (tertiary/aromatic N) is 2. The van der Waals surface area contributed by atoms with Crippen molar-refractivity contribution in [1.29, 1.82) is 0 Å². The Kier molecular flexibility index (Phi) is 4.84. The summed E-state index contributed by atoms with van der Waals surface area (Å²) in [5, 5.41) is 2.65. The van der Waals surface area contributed by atoms with Gasteiger partial charge in [0.25, 0.3) is 0 Å². The van der Waals surface area contributed by atoms with Crippen LogP contribution in [0.3, 0.4) is 0 Å². The number of fused-ring (bicyclic) bond motifs is 1. The van der Waals surface area contributed by atoms with Crippen LogP contribution in [0.4, 0.5) is 0 Å². The zero-order chi connectivity index (χ0) is 17.1. The molecular weight excluding hydrogens is 308 g/mol. The first-order valence-electron chi connectivity index (χ1n) is 9.43. The highest BCUT2D eigenvalue weighted by molar-refractivity contribution is 5.85. The molecule has 2 aliphatic rings. The van der Waals surface area contributed by atoms with Crippen LogP contribution in [0.5, 0.6) is 0 Å². The maximum absolute atomic E-state index is 12.5. The number of hydrogen-bond donors (Lipinski definition) is 0. The van der Waals surface area contributed by atoms with Crippen molar-refractivity contribution in [2.75, 3.05) is 26.2 Å². The lowest BCUT2D eigenvalue weighted by atomic mass is 10.0. The number of carbonyl (C=O) groups is 1. The van der Waals surface area contributed by atoms with Crippen LogP contribution in [-0.4, -0.2) is 41.9 Å². The molecule has 0 N–H and O–H groups in total. The Hall–Kier alpha value is -2.13. The van der Waals surface area contributed by atoms with Crippen molar-refractivity contribution in [3.8, 4) is 0 Å². The number of rotatable bonds is 4.